The zero-order valence-electron chi connectivity index (χ0n) is 26.5. The number of unbranched alkanes of at least 4 members (excludes halogenated alkanes) is 2. The standard InChI is InChI=1S/C30H58N8/c1-12-14-16-37(22-18-27(3,4)35-28(5,6)19-22)25-32-24(31-11)33-26(34-25)38(17-15-13-2)23-20-29(7,8)36-30(9,10)21-23/h22-23,35-36H,12-21H2,1-11H3,(H,31,32,33,34). The first-order chi connectivity index (χ1) is 17.6. The average molecular weight is 531 g/mol. The first-order valence-corrected chi connectivity index (χ1v) is 15.1. The number of nitrogens with one attached hydrogen (secondary N) is 3. The minimum atomic E-state index is 0.0536. The fraction of sp³-hybridized carbons (Fsp3) is 0.900. The van der Waals surface area contributed by atoms with E-state index in [1.165, 1.54) is 0 Å². The molecule has 0 saturated carbocycles. The smallest absolute Gasteiger partial charge is 0.232 e. The normalized spacial score (nSPS) is 22.7. The molecule has 0 aromatic carbocycles. The van der Waals surface area contributed by atoms with E-state index in [4.69, 9.17) is 15.0 Å². The molecule has 0 bridgehead atoms. The number of anilines is 3. The number of aromatic nitrogens is 3. The SMILES string of the molecule is CCCCN(c1nc(NC)nc(N(CCCC)C2CC(C)(C)NC(C)(C)C2)n1)C1CC(C)(C)NC(C)(C)C1. The van der Waals surface area contributed by atoms with Crippen LogP contribution in [-0.4, -0.2) is 69.3 Å². The van der Waals surface area contributed by atoms with Gasteiger partial charge >= 0.3 is 0 Å². The Kier molecular flexibility index (Phi) is 9.61. The van der Waals surface area contributed by atoms with Crippen LogP contribution in [0.15, 0.2) is 0 Å². The molecule has 3 rings (SSSR count). The van der Waals surface area contributed by atoms with Gasteiger partial charge in [0.05, 0.1) is 0 Å². The maximum atomic E-state index is 5.28. The summed E-state index contributed by atoms with van der Waals surface area (Å²) in [5.74, 6) is 2.30. The van der Waals surface area contributed by atoms with Crippen LogP contribution in [0.2, 0.25) is 0 Å². The Labute approximate surface area is 233 Å². The van der Waals surface area contributed by atoms with E-state index in [-0.39, 0.29) is 22.2 Å². The minimum Gasteiger partial charge on any atom is -0.357 e. The van der Waals surface area contributed by atoms with E-state index >= 15 is 0 Å². The molecule has 3 N–H and O–H groups in total. The summed E-state index contributed by atoms with van der Waals surface area (Å²) < 4.78 is 0. The second-order valence-corrected chi connectivity index (χ2v) is 14.5. The Balaban J connectivity index is 2.06. The third kappa shape index (κ3) is 8.17. The maximum Gasteiger partial charge on any atom is 0.232 e. The zero-order valence-corrected chi connectivity index (χ0v) is 26.5. The highest BCUT2D eigenvalue weighted by Gasteiger charge is 2.42. The van der Waals surface area contributed by atoms with Gasteiger partial charge in [0.25, 0.3) is 0 Å². The van der Waals surface area contributed by atoms with E-state index in [0.717, 1.165) is 76.4 Å². The molecule has 218 valence electrons. The van der Waals surface area contributed by atoms with Crippen LogP contribution in [0.4, 0.5) is 17.8 Å². The minimum absolute atomic E-state index is 0.0536. The Morgan fingerprint density at radius 1 is 0.658 bits per heavy atom. The van der Waals surface area contributed by atoms with Crippen LogP contribution in [0.5, 0.6) is 0 Å². The Morgan fingerprint density at radius 3 is 1.29 bits per heavy atom. The third-order valence-electron chi connectivity index (χ3n) is 8.07. The summed E-state index contributed by atoms with van der Waals surface area (Å²) in [5, 5.41) is 11.0. The lowest BCUT2D eigenvalue weighted by atomic mass is 9.79. The number of hydrogen-bond donors (Lipinski definition) is 3. The van der Waals surface area contributed by atoms with Gasteiger partial charge in [0.15, 0.2) is 0 Å². The number of rotatable bonds is 11. The Bertz CT molecular complexity index is 809. The zero-order chi connectivity index (χ0) is 28.4. The second-order valence-electron chi connectivity index (χ2n) is 14.5. The summed E-state index contributed by atoms with van der Waals surface area (Å²) in [7, 11) is 1.92. The van der Waals surface area contributed by atoms with Crippen molar-refractivity contribution in [3.63, 3.8) is 0 Å². The van der Waals surface area contributed by atoms with E-state index in [9.17, 15) is 0 Å². The molecule has 8 nitrogen and oxygen atoms in total. The van der Waals surface area contributed by atoms with Gasteiger partial charge in [-0.2, -0.15) is 15.0 Å². The molecule has 2 aliphatic rings. The van der Waals surface area contributed by atoms with Crippen LogP contribution in [-0.2, 0) is 0 Å². The van der Waals surface area contributed by atoms with Crippen LogP contribution in [0.1, 0.15) is 121 Å². The predicted molar refractivity (Wildman–Crippen MR) is 163 cm³/mol. The second kappa shape index (κ2) is 11.8. The molecule has 8 heteroatoms. The van der Waals surface area contributed by atoms with Crippen molar-refractivity contribution in [3.05, 3.63) is 0 Å². The average Bonchev–Trinajstić information content (AvgIpc) is 2.75. The van der Waals surface area contributed by atoms with Crippen LogP contribution >= 0.6 is 0 Å². The fourth-order valence-corrected chi connectivity index (χ4v) is 7.25. The molecule has 0 unspecified atom stereocenters. The first-order valence-electron chi connectivity index (χ1n) is 15.1. The maximum absolute atomic E-state index is 5.28. The fourth-order valence-electron chi connectivity index (χ4n) is 7.25. The summed E-state index contributed by atoms with van der Waals surface area (Å²) >= 11 is 0. The molecule has 3 heterocycles. The molecule has 0 amide bonds. The molecule has 0 aliphatic carbocycles. The van der Waals surface area contributed by atoms with Crippen LogP contribution < -0.4 is 25.8 Å². The molecule has 0 spiro atoms. The molecule has 1 aromatic rings. The van der Waals surface area contributed by atoms with Crippen molar-refractivity contribution >= 4 is 17.8 Å². The lowest BCUT2D eigenvalue weighted by molar-refractivity contribution is 0.157. The van der Waals surface area contributed by atoms with Crippen molar-refractivity contribution < 1.29 is 0 Å². The van der Waals surface area contributed by atoms with Crippen molar-refractivity contribution in [2.24, 2.45) is 0 Å². The van der Waals surface area contributed by atoms with Gasteiger partial charge in [-0.25, -0.2) is 0 Å². The van der Waals surface area contributed by atoms with E-state index < -0.39 is 0 Å². The molecule has 0 radical (unpaired) electrons. The van der Waals surface area contributed by atoms with Crippen molar-refractivity contribution in [1.29, 1.82) is 0 Å². The quantitative estimate of drug-likeness (QED) is 0.334. The van der Waals surface area contributed by atoms with Crippen LogP contribution in [0, 0.1) is 0 Å². The summed E-state index contributed by atoms with van der Waals surface area (Å²) in [6.45, 7) is 25.0. The van der Waals surface area contributed by atoms with E-state index in [2.05, 4.69) is 95.0 Å². The van der Waals surface area contributed by atoms with Crippen molar-refractivity contribution in [2.45, 2.75) is 155 Å². The molecule has 2 saturated heterocycles. The van der Waals surface area contributed by atoms with E-state index in [1.807, 2.05) is 7.05 Å². The molecule has 38 heavy (non-hydrogen) atoms. The number of piperidine rings is 2. The lowest BCUT2D eigenvalue weighted by Gasteiger charge is -2.50. The van der Waals surface area contributed by atoms with Gasteiger partial charge < -0.3 is 25.8 Å². The Hall–Kier alpha value is -1.67. The molecule has 1 aromatic heterocycles. The molecular formula is C30H58N8. The highest BCUT2D eigenvalue weighted by molar-refractivity contribution is 5.47. The lowest BCUT2D eigenvalue weighted by Crippen LogP contribution is -2.63. The predicted octanol–water partition coefficient (Wildman–Crippen LogP) is 5.74. The summed E-state index contributed by atoms with van der Waals surface area (Å²) in [4.78, 5) is 20.2. The molecule has 0 atom stereocenters. The van der Waals surface area contributed by atoms with Gasteiger partial charge in [0.1, 0.15) is 0 Å². The monoisotopic (exact) mass is 530 g/mol. The summed E-state index contributed by atoms with van der Waals surface area (Å²) in [5.41, 5.74) is 0.214. The van der Waals surface area contributed by atoms with E-state index in [0.29, 0.717) is 18.0 Å². The molecular weight excluding hydrogens is 472 g/mol. The van der Waals surface area contributed by atoms with Crippen LogP contribution in [0.25, 0.3) is 0 Å². The van der Waals surface area contributed by atoms with Crippen molar-refractivity contribution in [1.82, 2.24) is 25.6 Å². The van der Waals surface area contributed by atoms with Crippen molar-refractivity contribution in [3.8, 4) is 0 Å². The summed E-state index contributed by atoms with van der Waals surface area (Å²) in [6, 6.07) is 0.738. The van der Waals surface area contributed by atoms with Gasteiger partial charge in [-0.15, -0.1) is 0 Å². The van der Waals surface area contributed by atoms with E-state index in [1.54, 1.807) is 0 Å². The largest absolute Gasteiger partial charge is 0.357 e. The van der Waals surface area contributed by atoms with Gasteiger partial charge in [-0.3, -0.25) is 0 Å². The van der Waals surface area contributed by atoms with Crippen molar-refractivity contribution in [2.75, 3.05) is 35.3 Å². The highest BCUT2D eigenvalue weighted by atomic mass is 15.4. The first kappa shape index (κ1) is 30.9. The molecule has 2 aliphatic heterocycles. The topological polar surface area (TPSA) is 81.2 Å². The highest BCUT2D eigenvalue weighted by Crippen LogP contribution is 2.36. The van der Waals surface area contributed by atoms with Crippen LogP contribution in [0.3, 0.4) is 0 Å². The van der Waals surface area contributed by atoms with Gasteiger partial charge in [-0.05, 0) is 93.9 Å². The Morgan fingerprint density at radius 2 is 1.00 bits per heavy atom. The van der Waals surface area contributed by atoms with Gasteiger partial charge in [0.2, 0.25) is 17.8 Å². The van der Waals surface area contributed by atoms with Gasteiger partial charge in [-0.1, -0.05) is 26.7 Å². The number of hydrogen-bond acceptors (Lipinski definition) is 8. The molecule has 2 fully saturated rings. The third-order valence-corrected chi connectivity index (χ3v) is 8.07. The number of nitrogens with zero attached hydrogens (tertiary/aromatic N) is 5. The summed E-state index contributed by atoms with van der Waals surface area (Å²) in [6.07, 6.45) is 8.78. The van der Waals surface area contributed by atoms with Gasteiger partial charge in [0, 0.05) is 54.4 Å².